The van der Waals surface area contributed by atoms with E-state index in [4.69, 9.17) is 4.52 Å². The summed E-state index contributed by atoms with van der Waals surface area (Å²) in [6.45, 7) is 2.19. The Balaban J connectivity index is 1.33. The molecule has 11 heteroatoms. The second kappa shape index (κ2) is 7.98. The standard InChI is InChI=1S/C22H21F4N5O2/c1-11-28-20(33-30-11)16-8-14(23)3-4-15(16)21(32)31-10-12-6-17(18(31)7-12)29-19-5-2-13(9-27-19)22(24,25)26/h2-5,8-9,12,17-19,27,29H,6-7,10H2,1H3. The zero-order valence-electron chi connectivity index (χ0n) is 17.6. The third-order valence-electron chi connectivity index (χ3n) is 6.32. The Kier molecular flexibility index (Phi) is 5.23. The lowest BCUT2D eigenvalue weighted by Crippen LogP contribution is -2.55. The van der Waals surface area contributed by atoms with Crippen molar-refractivity contribution in [1.82, 2.24) is 25.7 Å². The summed E-state index contributed by atoms with van der Waals surface area (Å²) in [6.07, 6.45) is 0.145. The molecule has 1 saturated carbocycles. The van der Waals surface area contributed by atoms with Gasteiger partial charge in [0.25, 0.3) is 11.8 Å². The van der Waals surface area contributed by atoms with Crippen LogP contribution in [0.5, 0.6) is 0 Å². The van der Waals surface area contributed by atoms with Crippen molar-refractivity contribution in [3.63, 3.8) is 0 Å². The number of nitrogens with one attached hydrogen (secondary N) is 2. The van der Waals surface area contributed by atoms with Gasteiger partial charge in [0.1, 0.15) is 5.82 Å². The SMILES string of the molecule is Cc1noc(-c2cc(F)ccc2C(=O)N2CC3CC(NC4C=CC(C(F)(F)F)=CN4)C2C3)n1. The average molecular weight is 463 g/mol. The maximum Gasteiger partial charge on any atom is 0.417 e. The number of fused-ring (bicyclic) bond motifs is 2. The molecule has 174 valence electrons. The minimum Gasteiger partial charge on any atom is -0.372 e. The molecule has 7 nitrogen and oxygen atoms in total. The molecule has 2 bridgehead atoms. The summed E-state index contributed by atoms with van der Waals surface area (Å²) in [6, 6.07) is 3.60. The first-order chi connectivity index (χ1) is 15.7. The number of aromatic nitrogens is 2. The van der Waals surface area contributed by atoms with Gasteiger partial charge in [0.2, 0.25) is 0 Å². The highest BCUT2D eigenvalue weighted by atomic mass is 19.4. The molecule has 1 aliphatic carbocycles. The number of aryl methyl sites for hydroxylation is 1. The van der Waals surface area contributed by atoms with Crippen LogP contribution in [0.15, 0.2) is 46.6 Å². The number of piperidine rings is 1. The first kappa shape index (κ1) is 21.6. The summed E-state index contributed by atoms with van der Waals surface area (Å²) in [4.78, 5) is 19.3. The van der Waals surface area contributed by atoms with Gasteiger partial charge in [-0.3, -0.25) is 10.1 Å². The van der Waals surface area contributed by atoms with Gasteiger partial charge in [-0.25, -0.2) is 4.39 Å². The van der Waals surface area contributed by atoms with Crippen molar-refractivity contribution in [3.8, 4) is 11.5 Å². The molecule has 1 amide bonds. The summed E-state index contributed by atoms with van der Waals surface area (Å²) < 4.78 is 57.6. The van der Waals surface area contributed by atoms with Crippen molar-refractivity contribution in [2.24, 2.45) is 5.92 Å². The molecule has 2 aliphatic heterocycles. The molecule has 4 unspecified atom stereocenters. The largest absolute Gasteiger partial charge is 0.417 e. The van der Waals surface area contributed by atoms with Gasteiger partial charge in [-0.1, -0.05) is 5.16 Å². The molecular weight excluding hydrogens is 442 g/mol. The van der Waals surface area contributed by atoms with Crippen molar-refractivity contribution < 1.29 is 26.9 Å². The Morgan fingerprint density at radius 3 is 2.76 bits per heavy atom. The number of carbonyl (C=O) groups excluding carboxylic acids is 1. The number of likely N-dealkylation sites (tertiary alicyclic amines) is 1. The van der Waals surface area contributed by atoms with E-state index in [-0.39, 0.29) is 40.9 Å². The number of amides is 1. The van der Waals surface area contributed by atoms with Crippen molar-refractivity contribution >= 4 is 5.91 Å². The number of nitrogens with zero attached hydrogens (tertiary/aromatic N) is 3. The average Bonchev–Trinajstić information content (AvgIpc) is 3.49. The second-order valence-corrected chi connectivity index (χ2v) is 8.57. The number of halogens is 4. The van der Waals surface area contributed by atoms with E-state index in [0.717, 1.165) is 25.1 Å². The highest BCUT2D eigenvalue weighted by Gasteiger charge is 2.48. The lowest BCUT2D eigenvalue weighted by atomic mass is 10.0. The van der Waals surface area contributed by atoms with Crippen LogP contribution in [0.1, 0.15) is 29.0 Å². The third kappa shape index (κ3) is 4.12. The summed E-state index contributed by atoms with van der Waals surface area (Å²) >= 11 is 0. The smallest absolute Gasteiger partial charge is 0.372 e. The number of benzene rings is 1. The summed E-state index contributed by atoms with van der Waals surface area (Å²) in [7, 11) is 0. The third-order valence-corrected chi connectivity index (χ3v) is 6.32. The molecule has 33 heavy (non-hydrogen) atoms. The quantitative estimate of drug-likeness (QED) is 0.677. The van der Waals surface area contributed by atoms with Gasteiger partial charge < -0.3 is 14.7 Å². The van der Waals surface area contributed by atoms with E-state index in [1.54, 1.807) is 11.8 Å². The molecule has 3 heterocycles. The predicted octanol–water partition coefficient (Wildman–Crippen LogP) is 3.31. The molecule has 1 saturated heterocycles. The number of rotatable bonds is 4. The van der Waals surface area contributed by atoms with E-state index < -0.39 is 23.7 Å². The second-order valence-electron chi connectivity index (χ2n) is 8.57. The number of hydrogen-bond acceptors (Lipinski definition) is 6. The topological polar surface area (TPSA) is 83.3 Å². The normalized spacial score (nSPS) is 26.5. The van der Waals surface area contributed by atoms with E-state index >= 15 is 0 Å². The number of carbonyl (C=O) groups is 1. The highest BCUT2D eigenvalue weighted by Crippen LogP contribution is 2.40. The van der Waals surface area contributed by atoms with Crippen LogP contribution in [0.25, 0.3) is 11.5 Å². The van der Waals surface area contributed by atoms with E-state index in [1.807, 2.05) is 0 Å². The minimum atomic E-state index is -4.41. The summed E-state index contributed by atoms with van der Waals surface area (Å²) in [5.74, 6) is -0.0847. The zero-order valence-corrected chi connectivity index (χ0v) is 17.6. The number of alkyl halides is 3. The maximum absolute atomic E-state index is 13.9. The van der Waals surface area contributed by atoms with Gasteiger partial charge in [-0.15, -0.1) is 0 Å². The molecule has 0 radical (unpaired) electrons. The Hall–Kier alpha value is -3.21. The fourth-order valence-corrected chi connectivity index (χ4v) is 4.87. The Labute approximate surface area is 186 Å². The van der Waals surface area contributed by atoms with Gasteiger partial charge in [0.15, 0.2) is 5.82 Å². The van der Waals surface area contributed by atoms with Crippen molar-refractivity contribution in [2.75, 3.05) is 6.54 Å². The van der Waals surface area contributed by atoms with Gasteiger partial charge in [-0.05, 0) is 56.0 Å². The molecule has 1 aromatic carbocycles. The molecule has 4 atom stereocenters. The van der Waals surface area contributed by atoms with Crippen LogP contribution >= 0.6 is 0 Å². The summed E-state index contributed by atoms with van der Waals surface area (Å²) in [5, 5.41) is 9.76. The molecular formula is C22H21F4N5O2. The molecule has 5 rings (SSSR count). The lowest BCUT2D eigenvalue weighted by Gasteiger charge is -2.36. The van der Waals surface area contributed by atoms with E-state index in [9.17, 15) is 22.4 Å². The van der Waals surface area contributed by atoms with Crippen LogP contribution in [-0.4, -0.2) is 51.9 Å². The van der Waals surface area contributed by atoms with Gasteiger partial charge >= 0.3 is 6.18 Å². The fraction of sp³-hybridized carbons (Fsp3) is 0.409. The molecule has 2 N–H and O–H groups in total. The maximum atomic E-state index is 13.9. The van der Waals surface area contributed by atoms with E-state index in [1.165, 1.54) is 24.3 Å². The Morgan fingerprint density at radius 2 is 2.12 bits per heavy atom. The lowest BCUT2D eigenvalue weighted by molar-refractivity contribution is -0.0888. The fourth-order valence-electron chi connectivity index (χ4n) is 4.87. The predicted molar refractivity (Wildman–Crippen MR) is 109 cm³/mol. The summed E-state index contributed by atoms with van der Waals surface area (Å²) in [5.41, 5.74) is -0.250. The number of allylic oxidation sites excluding steroid dienone is 2. The Morgan fingerprint density at radius 1 is 1.30 bits per heavy atom. The number of hydrogen-bond donors (Lipinski definition) is 2. The number of dihydropyridines is 1. The van der Waals surface area contributed by atoms with Crippen LogP contribution in [0, 0.1) is 18.7 Å². The van der Waals surface area contributed by atoms with E-state index in [0.29, 0.717) is 12.4 Å². The van der Waals surface area contributed by atoms with Gasteiger partial charge in [0.05, 0.1) is 22.9 Å². The molecule has 2 fully saturated rings. The molecule has 2 aromatic rings. The first-order valence-corrected chi connectivity index (χ1v) is 10.6. The minimum absolute atomic E-state index is 0.0678. The van der Waals surface area contributed by atoms with Crippen molar-refractivity contribution in [1.29, 1.82) is 0 Å². The van der Waals surface area contributed by atoms with Crippen molar-refractivity contribution in [3.05, 3.63) is 59.3 Å². The molecule has 0 spiro atoms. The van der Waals surface area contributed by atoms with Crippen LogP contribution in [0.2, 0.25) is 0 Å². The monoisotopic (exact) mass is 463 g/mol. The first-order valence-electron chi connectivity index (χ1n) is 10.6. The van der Waals surface area contributed by atoms with E-state index in [2.05, 4.69) is 20.8 Å². The molecule has 3 aliphatic rings. The highest BCUT2D eigenvalue weighted by molar-refractivity contribution is 6.00. The van der Waals surface area contributed by atoms with Crippen molar-refractivity contribution in [2.45, 2.75) is 44.2 Å². The van der Waals surface area contributed by atoms with Crippen LogP contribution < -0.4 is 10.6 Å². The van der Waals surface area contributed by atoms with Crippen LogP contribution in [0.4, 0.5) is 17.6 Å². The zero-order chi connectivity index (χ0) is 23.3. The van der Waals surface area contributed by atoms with Gasteiger partial charge in [0, 0.05) is 24.8 Å². The van der Waals surface area contributed by atoms with Gasteiger partial charge in [-0.2, -0.15) is 18.2 Å². The van der Waals surface area contributed by atoms with Crippen LogP contribution in [-0.2, 0) is 0 Å². The van der Waals surface area contributed by atoms with Crippen LogP contribution in [0.3, 0.4) is 0 Å². The molecule has 1 aromatic heterocycles. The Bertz CT molecular complexity index is 1140.